The predicted molar refractivity (Wildman–Crippen MR) is 130 cm³/mol. The van der Waals surface area contributed by atoms with Gasteiger partial charge in [-0.05, 0) is 42.5 Å². The van der Waals surface area contributed by atoms with Crippen molar-refractivity contribution >= 4 is 46.3 Å². The summed E-state index contributed by atoms with van der Waals surface area (Å²) in [4.78, 5) is 13.4. The van der Waals surface area contributed by atoms with Gasteiger partial charge in [0.2, 0.25) is 0 Å². The van der Waals surface area contributed by atoms with Gasteiger partial charge in [-0.25, -0.2) is 0 Å². The molecule has 2 aliphatic heterocycles. The number of anilines is 2. The van der Waals surface area contributed by atoms with Gasteiger partial charge in [0, 0.05) is 36.9 Å². The van der Waals surface area contributed by atoms with Crippen LogP contribution in [0, 0.1) is 5.92 Å². The highest BCUT2D eigenvalue weighted by Crippen LogP contribution is 2.37. The summed E-state index contributed by atoms with van der Waals surface area (Å²) in [6.07, 6.45) is -3.60. The monoisotopic (exact) mass is 529 g/mol. The minimum Gasteiger partial charge on any atom is -0.490 e. The van der Waals surface area contributed by atoms with Crippen LogP contribution in [-0.2, 0) is 4.79 Å². The van der Waals surface area contributed by atoms with Gasteiger partial charge >= 0.3 is 12.1 Å². The largest absolute Gasteiger partial charge is 0.490 e. The van der Waals surface area contributed by atoms with Crippen molar-refractivity contribution in [1.82, 2.24) is 0 Å². The summed E-state index contributed by atoms with van der Waals surface area (Å²) in [6, 6.07) is 11.0. The molecule has 2 atom stereocenters. The van der Waals surface area contributed by atoms with E-state index in [2.05, 4.69) is 10.0 Å². The summed E-state index contributed by atoms with van der Waals surface area (Å²) < 4.78 is 46.2. The number of halogens is 5. The van der Waals surface area contributed by atoms with Gasteiger partial charge in [-0.2, -0.15) is 18.3 Å². The molecule has 188 valence electrons. The molecule has 2 heterocycles. The van der Waals surface area contributed by atoms with E-state index in [-0.39, 0.29) is 6.10 Å². The first-order valence-electron chi connectivity index (χ1n) is 11.2. The number of hydrazone groups is 1. The SMILES string of the molecule is CC1C(C(F)(F)F)=NN(c2ccc(OC3CCN(c4cc(Cl)ccc4Cl)CC3)cc2)C1CC(=O)O. The molecule has 1 N–H and O–H groups in total. The lowest BCUT2D eigenvalue weighted by Crippen LogP contribution is -2.38. The molecule has 4 rings (SSSR count). The maximum Gasteiger partial charge on any atom is 0.431 e. The lowest BCUT2D eigenvalue weighted by atomic mass is 9.94. The molecule has 2 unspecified atom stereocenters. The van der Waals surface area contributed by atoms with Gasteiger partial charge in [-0.15, -0.1) is 0 Å². The van der Waals surface area contributed by atoms with Crippen LogP contribution in [0.5, 0.6) is 5.75 Å². The van der Waals surface area contributed by atoms with Gasteiger partial charge in [0.15, 0.2) is 0 Å². The zero-order valence-corrected chi connectivity index (χ0v) is 20.3. The molecule has 11 heteroatoms. The lowest BCUT2D eigenvalue weighted by Gasteiger charge is -2.34. The summed E-state index contributed by atoms with van der Waals surface area (Å²) in [5, 5.41) is 15.3. The summed E-state index contributed by atoms with van der Waals surface area (Å²) in [5.41, 5.74) is 0.285. The summed E-state index contributed by atoms with van der Waals surface area (Å²) in [6.45, 7) is 2.82. The van der Waals surface area contributed by atoms with E-state index in [9.17, 15) is 23.1 Å². The van der Waals surface area contributed by atoms with Crippen molar-refractivity contribution in [2.24, 2.45) is 11.0 Å². The van der Waals surface area contributed by atoms with E-state index in [0.29, 0.717) is 21.5 Å². The quantitative estimate of drug-likeness (QED) is 0.478. The van der Waals surface area contributed by atoms with E-state index in [1.54, 1.807) is 36.4 Å². The Morgan fingerprint density at radius 3 is 2.40 bits per heavy atom. The number of benzene rings is 2. The Kier molecular flexibility index (Phi) is 7.38. The molecule has 1 saturated heterocycles. The third-order valence-electron chi connectivity index (χ3n) is 6.31. The second-order valence-electron chi connectivity index (χ2n) is 8.68. The second-order valence-corrected chi connectivity index (χ2v) is 9.52. The molecule has 0 radical (unpaired) electrons. The molecule has 2 aliphatic rings. The average Bonchev–Trinajstić information content (AvgIpc) is 3.12. The number of alkyl halides is 3. The van der Waals surface area contributed by atoms with E-state index in [4.69, 9.17) is 27.9 Å². The van der Waals surface area contributed by atoms with E-state index < -0.39 is 36.2 Å². The minimum atomic E-state index is -4.63. The van der Waals surface area contributed by atoms with Gasteiger partial charge in [-0.1, -0.05) is 30.1 Å². The van der Waals surface area contributed by atoms with Crippen LogP contribution in [0.4, 0.5) is 24.5 Å². The number of carbonyl (C=O) groups is 1. The average molecular weight is 530 g/mol. The molecule has 35 heavy (non-hydrogen) atoms. The Labute approximate surface area is 210 Å². The van der Waals surface area contributed by atoms with Gasteiger partial charge in [-0.3, -0.25) is 9.80 Å². The fraction of sp³-hybridized carbons (Fsp3) is 0.417. The maximum absolute atomic E-state index is 13.4. The number of aliphatic carboxylic acids is 1. The number of rotatable bonds is 6. The van der Waals surface area contributed by atoms with Crippen LogP contribution in [-0.4, -0.2) is 48.2 Å². The van der Waals surface area contributed by atoms with Crippen LogP contribution >= 0.6 is 23.2 Å². The van der Waals surface area contributed by atoms with Crippen LogP contribution < -0.4 is 14.6 Å². The number of hydrogen-bond acceptors (Lipinski definition) is 5. The first kappa shape index (κ1) is 25.4. The van der Waals surface area contributed by atoms with Crippen molar-refractivity contribution in [2.75, 3.05) is 23.0 Å². The smallest absolute Gasteiger partial charge is 0.431 e. The van der Waals surface area contributed by atoms with Crippen molar-refractivity contribution in [3.8, 4) is 5.75 Å². The Balaban J connectivity index is 1.41. The molecule has 0 saturated carbocycles. The molecule has 0 spiro atoms. The van der Waals surface area contributed by atoms with E-state index in [0.717, 1.165) is 36.6 Å². The van der Waals surface area contributed by atoms with Gasteiger partial charge in [0.25, 0.3) is 0 Å². The molecule has 0 aliphatic carbocycles. The van der Waals surface area contributed by atoms with Gasteiger partial charge < -0.3 is 14.7 Å². The number of carboxylic acids is 1. The highest BCUT2D eigenvalue weighted by molar-refractivity contribution is 6.35. The predicted octanol–water partition coefficient (Wildman–Crippen LogP) is 6.26. The van der Waals surface area contributed by atoms with E-state index >= 15 is 0 Å². The normalized spacial score (nSPS) is 21.3. The van der Waals surface area contributed by atoms with Crippen molar-refractivity contribution in [3.63, 3.8) is 0 Å². The maximum atomic E-state index is 13.4. The van der Waals surface area contributed by atoms with Crippen LogP contribution in [0.2, 0.25) is 10.0 Å². The van der Waals surface area contributed by atoms with Gasteiger partial charge in [0.1, 0.15) is 17.6 Å². The number of hydrogen-bond donors (Lipinski definition) is 1. The number of ether oxygens (including phenoxy) is 1. The van der Waals surface area contributed by atoms with Gasteiger partial charge in [0.05, 0.1) is 28.9 Å². The molecule has 0 bridgehead atoms. The zero-order valence-electron chi connectivity index (χ0n) is 18.8. The zero-order chi connectivity index (χ0) is 25.3. The second kappa shape index (κ2) is 10.1. The first-order valence-corrected chi connectivity index (χ1v) is 11.9. The summed E-state index contributed by atoms with van der Waals surface area (Å²) in [5.74, 6) is -1.67. The Morgan fingerprint density at radius 2 is 1.80 bits per heavy atom. The summed E-state index contributed by atoms with van der Waals surface area (Å²) >= 11 is 12.4. The highest BCUT2D eigenvalue weighted by atomic mass is 35.5. The molecular formula is C24H24Cl2F3N3O3. The molecule has 2 aromatic carbocycles. The third-order valence-corrected chi connectivity index (χ3v) is 6.86. The van der Waals surface area contributed by atoms with Crippen molar-refractivity contribution in [1.29, 1.82) is 0 Å². The number of piperidine rings is 1. The van der Waals surface area contributed by atoms with E-state index in [1.807, 2.05) is 6.07 Å². The summed E-state index contributed by atoms with van der Waals surface area (Å²) in [7, 11) is 0. The highest BCUT2D eigenvalue weighted by Gasteiger charge is 2.48. The molecular weight excluding hydrogens is 506 g/mol. The van der Waals surface area contributed by atoms with Crippen molar-refractivity contribution < 1.29 is 27.8 Å². The Morgan fingerprint density at radius 1 is 1.14 bits per heavy atom. The lowest BCUT2D eigenvalue weighted by molar-refractivity contribution is -0.137. The topological polar surface area (TPSA) is 65.4 Å². The standard InChI is InChI=1S/C24H24Cl2F3N3O3/c1-14-20(13-22(33)34)32(30-23(14)24(27,28)29)16-3-5-17(6-4-16)35-18-8-10-31(11-9-18)21-12-15(25)2-7-19(21)26/h2-7,12,14,18,20H,8-11,13H2,1H3,(H,33,34). The first-order chi connectivity index (χ1) is 16.5. The Hall–Kier alpha value is -2.65. The third kappa shape index (κ3) is 5.78. The van der Waals surface area contributed by atoms with E-state index in [1.165, 1.54) is 6.92 Å². The Bertz CT molecular complexity index is 1100. The minimum absolute atomic E-state index is 0.0310. The molecule has 2 aromatic rings. The van der Waals surface area contributed by atoms with Crippen molar-refractivity contribution in [2.45, 2.75) is 44.5 Å². The fourth-order valence-electron chi connectivity index (χ4n) is 4.49. The number of nitrogens with zero attached hydrogens (tertiary/aromatic N) is 3. The molecule has 6 nitrogen and oxygen atoms in total. The van der Waals surface area contributed by atoms with Crippen LogP contribution in [0.25, 0.3) is 0 Å². The van der Waals surface area contributed by atoms with Crippen molar-refractivity contribution in [3.05, 3.63) is 52.5 Å². The van der Waals surface area contributed by atoms with Crippen LogP contribution in [0.1, 0.15) is 26.2 Å². The fourth-order valence-corrected chi connectivity index (χ4v) is 4.90. The molecule has 0 amide bonds. The van der Waals surface area contributed by atoms with Crippen LogP contribution in [0.3, 0.4) is 0 Å². The number of carboxylic acid groups (broad SMARTS) is 1. The molecule has 1 fully saturated rings. The molecule has 0 aromatic heterocycles. The van der Waals surface area contributed by atoms with Crippen LogP contribution in [0.15, 0.2) is 47.6 Å².